The van der Waals surface area contributed by atoms with Crippen LogP contribution >= 0.6 is 0 Å². The Balaban J connectivity index is 1.54. The highest BCUT2D eigenvalue weighted by atomic mass is 16.5. The Morgan fingerprint density at radius 2 is 1.97 bits per heavy atom. The van der Waals surface area contributed by atoms with Crippen molar-refractivity contribution < 1.29 is 9.53 Å². The Morgan fingerprint density at radius 3 is 2.76 bits per heavy atom. The van der Waals surface area contributed by atoms with E-state index in [-0.39, 0.29) is 11.5 Å². The lowest BCUT2D eigenvalue weighted by molar-refractivity contribution is -0.111. The van der Waals surface area contributed by atoms with Crippen molar-refractivity contribution in [3.05, 3.63) is 70.3 Å². The maximum atomic E-state index is 12.9. The fraction of sp³-hybridized carbons (Fsp3) is 0.261. The van der Waals surface area contributed by atoms with Crippen LogP contribution in [0.25, 0.3) is 17.0 Å². The highest BCUT2D eigenvalue weighted by Gasteiger charge is 2.14. The molecule has 0 unspecified atom stereocenters. The molecule has 148 valence electrons. The topological polar surface area (TPSA) is 73.2 Å². The number of fused-ring (bicyclic) bond motifs is 2. The number of hydrogen-bond acceptors (Lipinski definition) is 4. The Kier molecular flexibility index (Phi) is 5.42. The van der Waals surface area contributed by atoms with Gasteiger partial charge in [0.1, 0.15) is 11.6 Å². The van der Waals surface area contributed by atoms with Gasteiger partial charge in [-0.05, 0) is 54.8 Å². The van der Waals surface area contributed by atoms with E-state index < -0.39 is 0 Å². The Bertz CT molecular complexity index is 1130. The molecule has 1 aliphatic heterocycles. The molecular weight excluding hydrogens is 366 g/mol. The SMILES string of the molecule is COc1ccc(/C=C/C(=O)Nc2ccc3nc4n(c(=O)c3c2)CCCCC4)cc1. The molecule has 1 amide bonds. The summed E-state index contributed by atoms with van der Waals surface area (Å²) in [6, 6.07) is 12.7. The fourth-order valence-electron chi connectivity index (χ4n) is 3.57. The van der Waals surface area contributed by atoms with Crippen LogP contribution in [-0.2, 0) is 17.8 Å². The van der Waals surface area contributed by atoms with Gasteiger partial charge in [0.25, 0.3) is 5.56 Å². The summed E-state index contributed by atoms with van der Waals surface area (Å²) < 4.78 is 6.91. The van der Waals surface area contributed by atoms with Crippen LogP contribution in [0.15, 0.2) is 53.3 Å². The third kappa shape index (κ3) is 4.21. The molecule has 1 N–H and O–H groups in total. The van der Waals surface area contributed by atoms with E-state index in [9.17, 15) is 9.59 Å². The van der Waals surface area contributed by atoms with Crippen molar-refractivity contribution in [2.24, 2.45) is 0 Å². The molecule has 2 aromatic carbocycles. The van der Waals surface area contributed by atoms with Gasteiger partial charge in [-0.25, -0.2) is 4.98 Å². The maximum Gasteiger partial charge on any atom is 0.261 e. The standard InChI is InChI=1S/C23H23N3O3/c1-29-18-10-6-16(7-11-18)8-13-22(27)24-17-9-12-20-19(15-17)23(28)26-14-4-2-3-5-21(26)25-20/h6-13,15H,2-5,14H2,1H3,(H,24,27)/b13-8+. The molecule has 2 heterocycles. The molecule has 3 aromatic rings. The van der Waals surface area contributed by atoms with E-state index in [4.69, 9.17) is 4.74 Å². The number of nitrogens with one attached hydrogen (secondary N) is 1. The monoisotopic (exact) mass is 389 g/mol. The molecule has 0 fully saturated rings. The van der Waals surface area contributed by atoms with Crippen molar-refractivity contribution in [2.45, 2.75) is 32.2 Å². The van der Waals surface area contributed by atoms with E-state index >= 15 is 0 Å². The summed E-state index contributed by atoms with van der Waals surface area (Å²) in [7, 11) is 1.61. The van der Waals surface area contributed by atoms with E-state index in [1.165, 1.54) is 6.08 Å². The zero-order chi connectivity index (χ0) is 20.2. The number of nitrogens with zero attached hydrogens (tertiary/aromatic N) is 2. The van der Waals surface area contributed by atoms with Gasteiger partial charge >= 0.3 is 0 Å². The molecule has 0 saturated carbocycles. The normalized spacial score (nSPS) is 13.8. The first-order chi connectivity index (χ1) is 14.1. The van der Waals surface area contributed by atoms with Gasteiger partial charge in [0.2, 0.25) is 5.91 Å². The van der Waals surface area contributed by atoms with Crippen LogP contribution in [0.2, 0.25) is 0 Å². The van der Waals surface area contributed by atoms with Crippen LogP contribution in [0.4, 0.5) is 5.69 Å². The molecule has 0 atom stereocenters. The number of anilines is 1. The van der Waals surface area contributed by atoms with Gasteiger partial charge in [-0.2, -0.15) is 0 Å². The molecule has 6 heteroatoms. The largest absolute Gasteiger partial charge is 0.497 e. The van der Waals surface area contributed by atoms with Crippen molar-refractivity contribution in [2.75, 3.05) is 12.4 Å². The zero-order valence-corrected chi connectivity index (χ0v) is 16.4. The second-order valence-electron chi connectivity index (χ2n) is 7.12. The molecule has 29 heavy (non-hydrogen) atoms. The van der Waals surface area contributed by atoms with E-state index in [2.05, 4.69) is 10.3 Å². The second-order valence-corrected chi connectivity index (χ2v) is 7.12. The smallest absolute Gasteiger partial charge is 0.261 e. The zero-order valence-electron chi connectivity index (χ0n) is 16.4. The molecule has 1 aliphatic rings. The number of methoxy groups -OCH3 is 1. The van der Waals surface area contributed by atoms with Crippen LogP contribution in [-0.4, -0.2) is 22.6 Å². The van der Waals surface area contributed by atoms with E-state index in [0.29, 0.717) is 23.1 Å². The lowest BCUT2D eigenvalue weighted by atomic mass is 10.2. The molecule has 6 nitrogen and oxygen atoms in total. The Labute approximate surface area is 168 Å². The number of hydrogen-bond donors (Lipinski definition) is 1. The minimum absolute atomic E-state index is 0.0308. The molecular formula is C23H23N3O3. The van der Waals surface area contributed by atoms with E-state index in [1.807, 2.05) is 24.3 Å². The first-order valence-electron chi connectivity index (χ1n) is 9.80. The summed E-state index contributed by atoms with van der Waals surface area (Å²) >= 11 is 0. The van der Waals surface area contributed by atoms with Gasteiger partial charge in [0.05, 0.1) is 18.0 Å². The lowest BCUT2D eigenvalue weighted by Gasteiger charge is -2.11. The van der Waals surface area contributed by atoms with Crippen LogP contribution in [0.5, 0.6) is 5.75 Å². The maximum absolute atomic E-state index is 12.9. The van der Waals surface area contributed by atoms with Gasteiger partial charge in [-0.3, -0.25) is 14.2 Å². The average Bonchev–Trinajstić information content (AvgIpc) is 2.99. The second kappa shape index (κ2) is 8.31. The van der Waals surface area contributed by atoms with Gasteiger partial charge < -0.3 is 10.1 Å². The van der Waals surface area contributed by atoms with Gasteiger partial charge in [0, 0.05) is 24.7 Å². The van der Waals surface area contributed by atoms with Crippen LogP contribution < -0.4 is 15.6 Å². The highest BCUT2D eigenvalue weighted by molar-refractivity contribution is 6.02. The number of amides is 1. The first kappa shape index (κ1) is 18.9. The van der Waals surface area contributed by atoms with Crippen molar-refractivity contribution in [3.8, 4) is 5.75 Å². The number of aryl methyl sites for hydroxylation is 1. The molecule has 0 bridgehead atoms. The molecule has 1 aromatic heterocycles. The average molecular weight is 389 g/mol. The van der Waals surface area contributed by atoms with Crippen LogP contribution in [0.1, 0.15) is 30.7 Å². The minimum Gasteiger partial charge on any atom is -0.497 e. The number of benzene rings is 2. The molecule has 0 radical (unpaired) electrons. The van der Waals surface area contributed by atoms with Crippen molar-refractivity contribution in [1.29, 1.82) is 0 Å². The Morgan fingerprint density at radius 1 is 1.14 bits per heavy atom. The van der Waals surface area contributed by atoms with Crippen LogP contribution in [0, 0.1) is 0 Å². The third-order valence-electron chi connectivity index (χ3n) is 5.13. The summed E-state index contributed by atoms with van der Waals surface area (Å²) in [4.78, 5) is 29.9. The predicted molar refractivity (Wildman–Crippen MR) is 114 cm³/mol. The van der Waals surface area contributed by atoms with Crippen molar-refractivity contribution in [1.82, 2.24) is 9.55 Å². The summed E-state index contributed by atoms with van der Waals surface area (Å²) in [5.74, 6) is 1.36. The van der Waals surface area contributed by atoms with Crippen LogP contribution in [0.3, 0.4) is 0 Å². The molecule has 0 saturated heterocycles. The van der Waals surface area contributed by atoms with Crippen molar-refractivity contribution >= 4 is 28.6 Å². The summed E-state index contributed by atoms with van der Waals surface area (Å²) in [5.41, 5.74) is 2.12. The minimum atomic E-state index is -0.261. The fourth-order valence-corrected chi connectivity index (χ4v) is 3.57. The molecule has 4 rings (SSSR count). The lowest BCUT2D eigenvalue weighted by Crippen LogP contribution is -2.24. The Hall–Kier alpha value is -3.41. The first-order valence-corrected chi connectivity index (χ1v) is 9.80. The van der Waals surface area contributed by atoms with Gasteiger partial charge in [-0.1, -0.05) is 18.6 Å². The number of ether oxygens (including phenoxy) is 1. The third-order valence-corrected chi connectivity index (χ3v) is 5.13. The number of carbonyl (C=O) groups is 1. The molecule has 0 aliphatic carbocycles. The quantitative estimate of drug-likeness (QED) is 0.689. The number of rotatable bonds is 4. The van der Waals surface area contributed by atoms with E-state index in [1.54, 1.807) is 36.0 Å². The number of aromatic nitrogens is 2. The summed E-state index contributed by atoms with van der Waals surface area (Å²) in [5, 5.41) is 3.35. The summed E-state index contributed by atoms with van der Waals surface area (Å²) in [6.45, 7) is 0.707. The highest BCUT2D eigenvalue weighted by Crippen LogP contribution is 2.19. The summed E-state index contributed by atoms with van der Waals surface area (Å²) in [6.07, 6.45) is 7.19. The number of carbonyl (C=O) groups excluding carboxylic acids is 1. The van der Waals surface area contributed by atoms with E-state index in [0.717, 1.165) is 42.8 Å². The molecule has 0 spiro atoms. The van der Waals surface area contributed by atoms with Gasteiger partial charge in [-0.15, -0.1) is 0 Å². The predicted octanol–water partition coefficient (Wildman–Crippen LogP) is 3.78. The van der Waals surface area contributed by atoms with Gasteiger partial charge in [0.15, 0.2) is 0 Å². The van der Waals surface area contributed by atoms with Crippen molar-refractivity contribution in [3.63, 3.8) is 0 Å².